The Morgan fingerprint density at radius 2 is 0.400 bits per heavy atom. The van der Waals surface area contributed by atoms with Gasteiger partial charge in [-0.15, -0.1) is 12.4 Å². The Balaban J connectivity index is -0.000000161. The molecule has 852 valence electrons. The fraction of sp³-hybridized carbons (Fsp3) is 0.826. The first-order chi connectivity index (χ1) is 69.4. The van der Waals surface area contributed by atoms with Crippen LogP contribution in [0.5, 0.6) is 0 Å². The highest BCUT2D eigenvalue weighted by atomic mass is 35.5. The number of carboxylic acids is 1. The van der Waals surface area contributed by atoms with Gasteiger partial charge in [0.1, 0.15) is 12.2 Å². The molecule has 0 aromatic rings. The lowest BCUT2D eigenvalue weighted by atomic mass is 10.0. The van der Waals surface area contributed by atoms with Gasteiger partial charge in [0.15, 0.2) is 0 Å². The van der Waals surface area contributed by atoms with Crippen molar-refractivity contribution in [3.8, 4) is 0 Å². The summed E-state index contributed by atoms with van der Waals surface area (Å²) in [5.74, 6) is -0.676. The van der Waals surface area contributed by atoms with Crippen molar-refractivity contribution in [2.75, 3.05) is 69.0 Å². The van der Waals surface area contributed by atoms with Gasteiger partial charge in [0.05, 0.1) is 40.2 Å². The number of rotatable bonds is 95. The molecule has 0 spiro atoms. The van der Waals surface area contributed by atoms with Crippen molar-refractivity contribution in [1.82, 2.24) is 9.80 Å². The number of unbranched alkanes of at least 4 members (excludes halogenated alkanes) is 57. The first-order valence-corrected chi connectivity index (χ1v) is 57.7. The Bertz CT molecular complexity index is 2810. The quantitative estimate of drug-likeness (QED) is 0.0247. The number of aliphatic hydroxyl groups excluding tert-OH is 1. The maximum Gasteiger partial charge on any atom is 0.373 e. The van der Waals surface area contributed by atoms with Gasteiger partial charge < -0.3 is 46.4 Å². The summed E-state index contributed by atoms with van der Waals surface area (Å²) in [6.45, 7) is 16.4. The van der Waals surface area contributed by atoms with Crippen molar-refractivity contribution in [2.24, 2.45) is 0 Å². The molecule has 0 saturated heterocycles. The Hall–Kier alpha value is -6.45. The first-order valence-electron chi connectivity index (χ1n) is 57.7. The minimum absolute atomic E-state index is 0. The molecule has 0 aliphatic heterocycles. The second-order valence-electron chi connectivity index (χ2n) is 39.8. The van der Waals surface area contributed by atoms with E-state index in [1.807, 2.05) is 19.0 Å². The van der Waals surface area contributed by atoms with Crippen LogP contribution in [0.15, 0.2) is 72.9 Å². The van der Waals surface area contributed by atoms with Gasteiger partial charge in [0.2, 0.25) is 0 Å². The molecule has 0 aromatic carbocycles. The van der Waals surface area contributed by atoms with Crippen molar-refractivity contribution in [2.45, 2.75) is 580 Å². The number of quaternary nitrogens is 1. The van der Waals surface area contributed by atoms with E-state index < -0.39 is 5.97 Å². The molecule has 24 heteroatoms. The Morgan fingerprint density at radius 3 is 0.579 bits per heavy atom. The summed E-state index contributed by atoms with van der Waals surface area (Å²) in [5.41, 5.74) is 0. The van der Waals surface area contributed by atoms with Crippen molar-refractivity contribution < 1.29 is 108 Å². The van der Waals surface area contributed by atoms with Crippen LogP contribution < -0.4 is 12.4 Å². The number of carbonyl (C=O) groups excluding carboxylic acids is 14. The lowest BCUT2D eigenvalue weighted by molar-refractivity contribution is -0.870. The molecule has 3 unspecified atom stereocenters. The maximum absolute atomic E-state index is 12.6. The summed E-state index contributed by atoms with van der Waals surface area (Å²) in [6.07, 6.45) is 131. The average Bonchev–Trinajstić information content (AvgIpc) is 0.956. The van der Waals surface area contributed by atoms with E-state index >= 15 is 0 Å². The van der Waals surface area contributed by atoms with Crippen molar-refractivity contribution in [1.29, 1.82) is 0 Å². The number of carbonyl (C=O) groups is 3. The van der Waals surface area contributed by atoms with E-state index in [0.29, 0.717) is 12.8 Å². The monoisotopic (exact) mass is 2090 g/mol. The summed E-state index contributed by atoms with van der Waals surface area (Å²) < 4.78 is 12.9. The van der Waals surface area contributed by atoms with Crippen LogP contribution in [0.2, 0.25) is 0 Å². The van der Waals surface area contributed by atoms with Crippen molar-refractivity contribution in [3.63, 3.8) is 0 Å². The second-order valence-corrected chi connectivity index (χ2v) is 39.8. The minimum Gasteiger partial charge on any atom is -1.00 e. The van der Waals surface area contributed by atoms with E-state index in [2.05, 4.69) is 155 Å². The van der Waals surface area contributed by atoms with Gasteiger partial charge in [-0.1, -0.05) is 378 Å². The molecule has 145 heavy (non-hydrogen) atoms. The zero-order valence-corrected chi connectivity index (χ0v) is 97.1. The van der Waals surface area contributed by atoms with Crippen LogP contribution >= 0.6 is 12.4 Å². The normalized spacial score (nSPS) is 11.3. The highest BCUT2D eigenvalue weighted by Gasteiger charge is 2.18. The fourth-order valence-electron chi connectivity index (χ4n) is 16.0. The number of aliphatic hydroxyl groups is 1. The van der Waals surface area contributed by atoms with Crippen LogP contribution in [0.1, 0.15) is 562 Å². The molecular weight excluding hydrogens is 1870 g/mol. The molecule has 0 amide bonds. The summed E-state index contributed by atoms with van der Waals surface area (Å²) in [4.78, 5) is 137. The molecule has 2 N–H and O–H groups in total. The molecule has 0 saturated carbocycles. The molecule has 0 aromatic heterocycles. The molecule has 0 bridgehead atoms. The number of nitrogens with zero attached hydrogens (tertiary/aromatic N) is 3. The molecule has 22 nitrogen and oxygen atoms in total. The third-order valence-electron chi connectivity index (χ3n) is 24.3. The Kier molecular flexibility index (Phi) is 178. The van der Waals surface area contributed by atoms with E-state index in [9.17, 15) is 19.5 Å². The summed E-state index contributed by atoms with van der Waals surface area (Å²) in [5, 5.41) is 18.4. The number of halogens is 2. The van der Waals surface area contributed by atoms with Gasteiger partial charge in [0.25, 0.3) is 0 Å². The molecule has 0 aliphatic rings. The largest absolute Gasteiger partial charge is 1.00 e. The third kappa shape index (κ3) is 196. The molecule has 0 aliphatic carbocycles. The zero-order chi connectivity index (χ0) is 109. The van der Waals surface area contributed by atoms with E-state index in [1.165, 1.54) is 443 Å². The average molecular weight is 2100 g/mol. The molecular formula is C121H225Cl2N3O19. The second kappa shape index (κ2) is 158. The summed E-state index contributed by atoms with van der Waals surface area (Å²) in [7, 11) is 14.5. The summed E-state index contributed by atoms with van der Waals surface area (Å²) in [6, 6.07) is 0. The smallest absolute Gasteiger partial charge is 0.373 e. The van der Waals surface area contributed by atoms with Crippen LogP contribution in [0.25, 0.3) is 0 Å². The number of hydrogen-bond donors (Lipinski definition) is 2. The van der Waals surface area contributed by atoms with E-state index in [0.717, 1.165) is 81.9 Å². The maximum atomic E-state index is 12.6. The number of esters is 2. The molecule has 0 heterocycles. The number of carboxylic acid groups (broad SMARTS) is 1. The summed E-state index contributed by atoms with van der Waals surface area (Å²) >= 11 is 0. The van der Waals surface area contributed by atoms with Crippen LogP contribution in [-0.4, -0.2) is 167 Å². The molecule has 0 radical (unpaired) electrons. The highest BCUT2D eigenvalue weighted by molar-refractivity contribution is 5.85. The third-order valence-corrected chi connectivity index (χ3v) is 24.3. The number of ether oxygens (including phenoxy) is 2. The van der Waals surface area contributed by atoms with E-state index in [4.69, 9.17) is 72.1 Å². The van der Waals surface area contributed by atoms with Crippen molar-refractivity contribution in [3.05, 3.63) is 72.9 Å². The van der Waals surface area contributed by atoms with E-state index in [-0.39, 0.29) is 98.4 Å². The van der Waals surface area contributed by atoms with Crippen LogP contribution in [0.3, 0.4) is 0 Å². The minimum atomic E-state index is -0.711. The van der Waals surface area contributed by atoms with Gasteiger partial charge in [-0.25, -0.2) is 0 Å². The van der Waals surface area contributed by atoms with Gasteiger partial charge in [-0.05, 0) is 272 Å². The van der Waals surface area contributed by atoms with Crippen LogP contribution in [0.4, 0.5) is 0 Å². The predicted molar refractivity (Wildman–Crippen MR) is 594 cm³/mol. The lowest BCUT2D eigenvalue weighted by Gasteiger charge is -2.24. The zero-order valence-electron chi connectivity index (χ0n) is 95.5. The van der Waals surface area contributed by atoms with E-state index in [1.54, 1.807) is 0 Å². The topological polar surface area (TPSA) is 321 Å². The van der Waals surface area contributed by atoms with Gasteiger partial charge in [-0.3, -0.25) is 14.4 Å². The van der Waals surface area contributed by atoms with Gasteiger partial charge in [-0.2, -0.15) is 57.5 Å². The van der Waals surface area contributed by atoms with Crippen molar-refractivity contribution >= 4 is 67.2 Å². The molecule has 3 atom stereocenters. The standard InChI is InChI=1S/C39H76NO2.C38H73NO2.C32H62O.C6H13NO2.6CO2.2ClH/c1-6-8-10-12-14-16-18-20-22-24-26-28-30-32-35-38(42-39(41)36-33-37-40(3,4)5)34-31-29-27-25-23-21-19-17-15-13-11-9-7-2;1-5-7-9-11-13-15-17-19-21-23-25-27-29-31-34-37(41-38(40)35-32-36-39(3)4)33-30-28-26-24-22-20-18-16-14-12-10-8-6-2;1-3-5-7-9-11-13-15-17-19-21-23-25-27-29-31-32(33)30-28-26-24-22-20-18-16-14-12-10-8-6-4-2;1-7(2)5-3-4-6(8)9;6*2-1-3;;/h15-18,38H,6-14,19-37H2,1-5H3;14-17,37H,5-13,18-36H2,1-4H3;12-15,32-33H,3-11,16-31H2,1-2H3;3-5H2,1-2H3,(H,8,9);;;;;;;2*1H/q+1;;;;;;;;;;;/p-1/b17-15-,18-16-;16-14-,17-15-;14-12-,15-13-;;;;;;;;;. The molecule has 0 fully saturated rings. The Labute approximate surface area is 901 Å². The number of aliphatic carboxylic acids is 1. The van der Waals surface area contributed by atoms with Gasteiger partial charge >= 0.3 is 54.8 Å². The van der Waals surface area contributed by atoms with Gasteiger partial charge in [0, 0.05) is 19.3 Å². The number of allylic oxidation sites excluding steroid dienone is 12. The highest BCUT2D eigenvalue weighted by Crippen LogP contribution is 2.23. The fourth-order valence-corrected chi connectivity index (χ4v) is 16.0. The SMILES string of the molecule is CCCCC/C=C\CCCCCCCCC(CCCCCCCC/C=C\CCCCCC)OC(=O)CCCN(C)C.CCCCC/C=C\CCCCCCCCC(CCCCCCCC/C=C\CCCCCC)OC(=O)CCC[N+](C)(C)C.CCCCC/C=C\CCCCCCCCC(O)CCCCCCCC/C=C\CCCCCC.CN(C)CCCC(=O)O.Cl.O=C=O.O=C=O.O=C=O.O=C=O.O=C=O.O=C=O.[Cl-]. The van der Waals surface area contributed by atoms with Crippen LogP contribution in [0, 0.1) is 0 Å². The molecule has 0 rings (SSSR count). The first kappa shape index (κ1) is 164. The lowest BCUT2D eigenvalue weighted by Crippen LogP contribution is -3.00. The Morgan fingerprint density at radius 1 is 0.248 bits per heavy atom. The predicted octanol–water partition coefficient (Wildman–Crippen LogP) is 30.0. The van der Waals surface area contributed by atoms with Crippen LogP contribution in [-0.2, 0) is 81.4 Å². The number of hydrogen-bond acceptors (Lipinski definition) is 20.